The fraction of sp³-hybridized carbons (Fsp3) is 0.385. The lowest BCUT2D eigenvalue weighted by atomic mass is 9.96. The first-order valence-electron chi connectivity index (χ1n) is 5.87. The van der Waals surface area contributed by atoms with Gasteiger partial charge in [-0.05, 0) is 31.0 Å². The third-order valence-corrected chi connectivity index (χ3v) is 4.20. The monoisotopic (exact) mass is 265 g/mol. The van der Waals surface area contributed by atoms with Crippen LogP contribution in [0.4, 0.5) is 5.69 Å². The molecule has 1 aliphatic heterocycles. The lowest BCUT2D eigenvalue weighted by Gasteiger charge is -2.22. The maximum atomic E-state index is 11.5. The van der Waals surface area contributed by atoms with Gasteiger partial charge in [-0.3, -0.25) is 9.59 Å². The molecule has 1 aromatic rings. The second-order valence-corrected chi connectivity index (χ2v) is 5.69. The highest BCUT2D eigenvalue weighted by Crippen LogP contribution is 2.37. The average Bonchev–Trinajstić information content (AvgIpc) is 2.31. The van der Waals surface area contributed by atoms with Crippen molar-refractivity contribution in [1.82, 2.24) is 0 Å². The van der Waals surface area contributed by atoms with E-state index in [1.807, 2.05) is 19.9 Å². The number of carbonyl (C=O) groups excluding carboxylic acids is 1. The molecule has 4 nitrogen and oxygen atoms in total. The zero-order valence-electron chi connectivity index (χ0n) is 10.3. The standard InChI is InChI=1S/C13H15NO3S/c1-3-9(13(16)17)8-4-5-10-11(6-8)18-7(2)12(15)14-10/h4-7,9H,3H2,1-2H3,(H,14,15)(H,16,17). The van der Waals surface area contributed by atoms with Gasteiger partial charge >= 0.3 is 5.97 Å². The third kappa shape index (κ3) is 2.36. The van der Waals surface area contributed by atoms with Crippen LogP contribution in [0.25, 0.3) is 0 Å². The van der Waals surface area contributed by atoms with Crippen LogP contribution in [-0.2, 0) is 9.59 Å². The van der Waals surface area contributed by atoms with Gasteiger partial charge in [0.2, 0.25) is 5.91 Å². The molecule has 2 unspecified atom stereocenters. The molecular formula is C13H15NO3S. The molecule has 1 aliphatic rings. The maximum Gasteiger partial charge on any atom is 0.310 e. The number of nitrogens with one attached hydrogen (secondary N) is 1. The number of hydrogen-bond acceptors (Lipinski definition) is 3. The van der Waals surface area contributed by atoms with Crippen LogP contribution >= 0.6 is 11.8 Å². The Hall–Kier alpha value is -1.49. The van der Waals surface area contributed by atoms with Gasteiger partial charge in [0.1, 0.15) is 0 Å². The molecule has 1 heterocycles. The maximum absolute atomic E-state index is 11.5. The van der Waals surface area contributed by atoms with Gasteiger partial charge in [-0.15, -0.1) is 11.8 Å². The number of carboxylic acids is 1. The minimum Gasteiger partial charge on any atom is -0.481 e. The van der Waals surface area contributed by atoms with E-state index in [2.05, 4.69) is 5.32 Å². The molecule has 0 spiro atoms. The van der Waals surface area contributed by atoms with Crippen molar-refractivity contribution in [3.63, 3.8) is 0 Å². The number of carboxylic acid groups (broad SMARTS) is 1. The summed E-state index contributed by atoms with van der Waals surface area (Å²) in [6, 6.07) is 5.43. The number of anilines is 1. The van der Waals surface area contributed by atoms with E-state index in [1.165, 1.54) is 11.8 Å². The van der Waals surface area contributed by atoms with Gasteiger partial charge in [0, 0.05) is 4.90 Å². The van der Waals surface area contributed by atoms with E-state index in [9.17, 15) is 9.59 Å². The van der Waals surface area contributed by atoms with E-state index in [4.69, 9.17) is 5.11 Å². The molecule has 1 aromatic carbocycles. The first-order valence-corrected chi connectivity index (χ1v) is 6.75. The zero-order valence-corrected chi connectivity index (χ0v) is 11.1. The van der Waals surface area contributed by atoms with E-state index < -0.39 is 11.9 Å². The Morgan fingerprint density at radius 2 is 2.28 bits per heavy atom. The summed E-state index contributed by atoms with van der Waals surface area (Å²) >= 11 is 1.47. The lowest BCUT2D eigenvalue weighted by molar-refractivity contribution is -0.138. The van der Waals surface area contributed by atoms with Crippen molar-refractivity contribution >= 4 is 29.3 Å². The van der Waals surface area contributed by atoms with E-state index in [0.29, 0.717) is 6.42 Å². The number of hydrogen-bond donors (Lipinski definition) is 2. The molecule has 0 aliphatic carbocycles. The van der Waals surface area contributed by atoms with Crippen LogP contribution in [0.15, 0.2) is 23.1 Å². The summed E-state index contributed by atoms with van der Waals surface area (Å²) in [6.07, 6.45) is 0.556. The van der Waals surface area contributed by atoms with Crippen molar-refractivity contribution in [2.45, 2.75) is 36.3 Å². The predicted octanol–water partition coefficient (Wildman–Crippen LogP) is 2.70. The molecule has 96 valence electrons. The zero-order chi connectivity index (χ0) is 13.3. The van der Waals surface area contributed by atoms with Gasteiger partial charge < -0.3 is 10.4 Å². The van der Waals surface area contributed by atoms with Crippen molar-refractivity contribution < 1.29 is 14.7 Å². The highest BCUT2D eigenvalue weighted by molar-refractivity contribution is 8.00. The van der Waals surface area contributed by atoms with E-state index >= 15 is 0 Å². The summed E-state index contributed by atoms with van der Waals surface area (Å²) in [4.78, 5) is 23.6. The van der Waals surface area contributed by atoms with Gasteiger partial charge in [-0.1, -0.05) is 13.0 Å². The van der Waals surface area contributed by atoms with Crippen LogP contribution in [0.5, 0.6) is 0 Å². The Kier molecular flexibility index (Phi) is 3.61. The fourth-order valence-corrected chi connectivity index (χ4v) is 2.98. The number of rotatable bonds is 3. The molecule has 1 amide bonds. The second-order valence-electron chi connectivity index (χ2n) is 4.30. The second kappa shape index (κ2) is 5.02. The fourth-order valence-electron chi connectivity index (χ4n) is 1.99. The normalized spacial score (nSPS) is 19.9. The van der Waals surface area contributed by atoms with E-state index in [0.717, 1.165) is 16.1 Å². The summed E-state index contributed by atoms with van der Waals surface area (Å²) in [5.74, 6) is -1.30. The predicted molar refractivity (Wildman–Crippen MR) is 71.1 cm³/mol. The van der Waals surface area contributed by atoms with Crippen LogP contribution in [0.1, 0.15) is 31.7 Å². The smallest absolute Gasteiger partial charge is 0.310 e. The minimum atomic E-state index is -0.810. The van der Waals surface area contributed by atoms with E-state index in [1.54, 1.807) is 12.1 Å². The number of amides is 1. The molecule has 2 rings (SSSR count). The van der Waals surface area contributed by atoms with Crippen LogP contribution in [-0.4, -0.2) is 22.2 Å². The molecule has 0 fully saturated rings. The third-order valence-electron chi connectivity index (χ3n) is 3.05. The lowest BCUT2D eigenvalue weighted by Crippen LogP contribution is -2.26. The molecule has 0 saturated heterocycles. The molecule has 18 heavy (non-hydrogen) atoms. The number of benzene rings is 1. The van der Waals surface area contributed by atoms with Gasteiger partial charge in [-0.25, -0.2) is 0 Å². The summed E-state index contributed by atoms with van der Waals surface area (Å²) in [5.41, 5.74) is 1.56. The quantitative estimate of drug-likeness (QED) is 0.881. The number of fused-ring (bicyclic) bond motifs is 1. The Morgan fingerprint density at radius 1 is 1.56 bits per heavy atom. The molecule has 2 atom stereocenters. The highest BCUT2D eigenvalue weighted by Gasteiger charge is 2.25. The van der Waals surface area contributed by atoms with E-state index in [-0.39, 0.29) is 11.2 Å². The Morgan fingerprint density at radius 3 is 2.89 bits per heavy atom. The van der Waals surface area contributed by atoms with Crippen molar-refractivity contribution in [1.29, 1.82) is 0 Å². The van der Waals surface area contributed by atoms with Crippen molar-refractivity contribution in [3.8, 4) is 0 Å². The Bertz CT molecular complexity index is 501. The molecule has 0 bridgehead atoms. The van der Waals surface area contributed by atoms with Gasteiger partial charge in [-0.2, -0.15) is 0 Å². The summed E-state index contributed by atoms with van der Waals surface area (Å²) in [5, 5.41) is 11.8. The molecule has 0 radical (unpaired) electrons. The summed E-state index contributed by atoms with van der Waals surface area (Å²) in [6.45, 7) is 3.69. The molecule has 5 heteroatoms. The Balaban J connectivity index is 2.35. The van der Waals surface area contributed by atoms with Gasteiger partial charge in [0.25, 0.3) is 0 Å². The SMILES string of the molecule is CCC(C(=O)O)c1ccc2c(c1)SC(C)C(=O)N2. The van der Waals surface area contributed by atoms with Crippen LogP contribution in [0, 0.1) is 0 Å². The topological polar surface area (TPSA) is 66.4 Å². The summed E-state index contributed by atoms with van der Waals surface area (Å²) in [7, 11) is 0. The highest BCUT2D eigenvalue weighted by atomic mass is 32.2. The van der Waals surface area contributed by atoms with Crippen LogP contribution in [0.2, 0.25) is 0 Å². The number of aliphatic carboxylic acids is 1. The summed E-state index contributed by atoms with van der Waals surface area (Å²) < 4.78 is 0. The average molecular weight is 265 g/mol. The van der Waals surface area contributed by atoms with Gasteiger partial charge in [0.15, 0.2) is 0 Å². The molecule has 2 N–H and O–H groups in total. The van der Waals surface area contributed by atoms with Crippen LogP contribution in [0.3, 0.4) is 0 Å². The van der Waals surface area contributed by atoms with Gasteiger partial charge in [0.05, 0.1) is 16.9 Å². The minimum absolute atomic E-state index is 0.00877. The van der Waals surface area contributed by atoms with Crippen molar-refractivity contribution in [2.24, 2.45) is 0 Å². The molecule has 0 aromatic heterocycles. The first-order chi connectivity index (χ1) is 8.52. The van der Waals surface area contributed by atoms with Crippen molar-refractivity contribution in [2.75, 3.05) is 5.32 Å². The number of thioether (sulfide) groups is 1. The first kappa shape index (κ1) is 13.0. The molecular weight excluding hydrogens is 250 g/mol. The Labute approximate surface area is 110 Å². The molecule has 0 saturated carbocycles. The van der Waals surface area contributed by atoms with Crippen molar-refractivity contribution in [3.05, 3.63) is 23.8 Å². The number of carbonyl (C=O) groups is 2. The van der Waals surface area contributed by atoms with Crippen LogP contribution < -0.4 is 5.32 Å². The largest absolute Gasteiger partial charge is 0.481 e.